The summed E-state index contributed by atoms with van der Waals surface area (Å²) in [4.78, 5) is 2.35. The minimum atomic E-state index is -0.619. The van der Waals surface area contributed by atoms with Crippen LogP contribution in [0.15, 0.2) is 84.9 Å². The Balaban J connectivity index is 1.60. The number of piperazine rings is 1. The maximum Gasteiger partial charge on any atom is 0.132 e. The van der Waals surface area contributed by atoms with Crippen LogP contribution in [-0.4, -0.2) is 43.2 Å². The summed E-state index contributed by atoms with van der Waals surface area (Å²) in [5.41, 5.74) is 10.4. The lowest BCUT2D eigenvalue weighted by atomic mass is 9.97. The molecular weight excluding hydrogens is 399 g/mol. The van der Waals surface area contributed by atoms with Gasteiger partial charge in [-0.2, -0.15) is 0 Å². The van der Waals surface area contributed by atoms with Gasteiger partial charge in [0.1, 0.15) is 5.82 Å². The molecule has 1 aliphatic heterocycles. The van der Waals surface area contributed by atoms with E-state index in [4.69, 9.17) is 5.73 Å². The van der Waals surface area contributed by atoms with E-state index in [1.807, 2.05) is 49.4 Å². The van der Waals surface area contributed by atoms with Crippen LogP contribution in [0.4, 0.5) is 10.1 Å². The van der Waals surface area contributed by atoms with E-state index in [0.717, 1.165) is 43.0 Å². The molecule has 166 valence electrons. The van der Waals surface area contributed by atoms with E-state index in [1.54, 1.807) is 12.1 Å². The maximum absolute atomic E-state index is 14.7. The van der Waals surface area contributed by atoms with Crippen LogP contribution >= 0.6 is 0 Å². The minimum Gasteiger partial charge on any atom is -0.355 e. The van der Waals surface area contributed by atoms with Crippen molar-refractivity contribution in [1.29, 1.82) is 0 Å². The first-order valence-corrected chi connectivity index (χ1v) is 11.1. The number of nitrogens with two attached hydrogens (primary N) is 1. The van der Waals surface area contributed by atoms with Crippen molar-refractivity contribution in [2.75, 3.05) is 38.0 Å². The number of nitrogens with one attached hydrogen (secondary N) is 2. The molecule has 1 unspecified atom stereocenters. The van der Waals surface area contributed by atoms with Gasteiger partial charge in [0.25, 0.3) is 0 Å². The Bertz CT molecular complexity index is 1040. The SMILES string of the molecule is CC(N)(C=C(Nc1ccc(-c2ccccc2)cc1)c1ccccc1F)CN1CCNCC1. The quantitative estimate of drug-likeness (QED) is 0.514. The molecule has 3 aromatic rings. The van der Waals surface area contributed by atoms with E-state index in [2.05, 4.69) is 39.8 Å². The predicted octanol–water partition coefficient (Wildman–Crippen LogP) is 4.57. The molecule has 5 heteroatoms. The fourth-order valence-corrected chi connectivity index (χ4v) is 4.12. The van der Waals surface area contributed by atoms with Gasteiger partial charge < -0.3 is 16.4 Å². The molecule has 0 saturated carbocycles. The highest BCUT2D eigenvalue weighted by molar-refractivity contribution is 5.79. The first kappa shape index (κ1) is 22.2. The maximum atomic E-state index is 14.7. The van der Waals surface area contributed by atoms with Crippen molar-refractivity contribution in [1.82, 2.24) is 10.2 Å². The normalized spacial score (nSPS) is 17.0. The van der Waals surface area contributed by atoms with Crippen molar-refractivity contribution < 1.29 is 4.39 Å². The third-order valence-electron chi connectivity index (χ3n) is 5.68. The van der Waals surface area contributed by atoms with Gasteiger partial charge >= 0.3 is 0 Å². The topological polar surface area (TPSA) is 53.3 Å². The minimum absolute atomic E-state index is 0.273. The van der Waals surface area contributed by atoms with Gasteiger partial charge in [0.2, 0.25) is 0 Å². The molecule has 0 aliphatic carbocycles. The van der Waals surface area contributed by atoms with Crippen LogP contribution in [0, 0.1) is 5.82 Å². The Labute approximate surface area is 189 Å². The van der Waals surface area contributed by atoms with Crippen molar-refractivity contribution in [2.45, 2.75) is 12.5 Å². The Morgan fingerprint density at radius 2 is 1.59 bits per heavy atom. The molecule has 0 aromatic heterocycles. The van der Waals surface area contributed by atoms with Gasteiger partial charge in [-0.1, -0.05) is 54.6 Å². The molecule has 1 aliphatic rings. The van der Waals surface area contributed by atoms with Crippen molar-refractivity contribution >= 4 is 11.4 Å². The van der Waals surface area contributed by atoms with Crippen LogP contribution in [0.5, 0.6) is 0 Å². The summed E-state index contributed by atoms with van der Waals surface area (Å²) in [6, 6.07) is 25.2. The molecular formula is C27H31FN4. The molecule has 4 rings (SSSR count). The smallest absolute Gasteiger partial charge is 0.132 e. The molecule has 4 N–H and O–H groups in total. The summed E-state index contributed by atoms with van der Waals surface area (Å²) in [7, 11) is 0. The number of nitrogens with zero attached hydrogens (tertiary/aromatic N) is 1. The summed E-state index contributed by atoms with van der Waals surface area (Å²) in [6.07, 6.45) is 1.96. The summed E-state index contributed by atoms with van der Waals surface area (Å²) in [6.45, 7) is 6.56. The zero-order valence-electron chi connectivity index (χ0n) is 18.5. The predicted molar refractivity (Wildman–Crippen MR) is 132 cm³/mol. The van der Waals surface area contributed by atoms with Gasteiger partial charge in [-0.25, -0.2) is 4.39 Å². The van der Waals surface area contributed by atoms with Gasteiger partial charge in [-0.3, -0.25) is 4.90 Å². The molecule has 4 nitrogen and oxygen atoms in total. The van der Waals surface area contributed by atoms with E-state index in [9.17, 15) is 4.39 Å². The van der Waals surface area contributed by atoms with E-state index < -0.39 is 5.54 Å². The number of hydrogen-bond donors (Lipinski definition) is 3. The Morgan fingerprint density at radius 1 is 0.969 bits per heavy atom. The molecule has 0 amide bonds. The standard InChI is InChI=1S/C27H31FN4/c1-27(29,20-32-17-15-30-16-18-32)19-26(24-9-5-6-10-25(24)28)31-23-13-11-22(12-14-23)21-7-3-2-4-8-21/h2-14,19,30-31H,15-18,20,29H2,1H3. The zero-order chi connectivity index (χ0) is 22.4. The van der Waals surface area contributed by atoms with E-state index in [-0.39, 0.29) is 5.82 Å². The number of benzene rings is 3. The highest BCUT2D eigenvalue weighted by Gasteiger charge is 2.23. The average molecular weight is 431 g/mol. The number of halogens is 1. The fourth-order valence-electron chi connectivity index (χ4n) is 4.12. The Kier molecular flexibility index (Phi) is 7.00. The largest absolute Gasteiger partial charge is 0.355 e. The highest BCUT2D eigenvalue weighted by Crippen LogP contribution is 2.26. The van der Waals surface area contributed by atoms with Crippen LogP contribution in [0.2, 0.25) is 0 Å². The molecule has 0 radical (unpaired) electrons. The summed E-state index contributed by atoms with van der Waals surface area (Å²) in [5, 5.41) is 6.78. The molecule has 0 bridgehead atoms. The lowest BCUT2D eigenvalue weighted by Crippen LogP contribution is -2.52. The van der Waals surface area contributed by atoms with E-state index in [0.29, 0.717) is 17.8 Å². The van der Waals surface area contributed by atoms with E-state index in [1.165, 1.54) is 6.07 Å². The molecule has 32 heavy (non-hydrogen) atoms. The van der Waals surface area contributed by atoms with Crippen molar-refractivity contribution in [3.63, 3.8) is 0 Å². The average Bonchev–Trinajstić information content (AvgIpc) is 2.80. The highest BCUT2D eigenvalue weighted by atomic mass is 19.1. The molecule has 0 spiro atoms. The Morgan fingerprint density at radius 3 is 2.28 bits per heavy atom. The van der Waals surface area contributed by atoms with Gasteiger partial charge in [0.05, 0.1) is 0 Å². The molecule has 1 atom stereocenters. The second-order valence-electron chi connectivity index (χ2n) is 8.64. The molecule has 1 heterocycles. The third kappa shape index (κ3) is 5.82. The summed E-state index contributed by atoms with van der Waals surface area (Å²) in [5.74, 6) is -0.273. The van der Waals surface area contributed by atoms with Gasteiger partial charge in [0, 0.05) is 55.2 Å². The van der Waals surface area contributed by atoms with Gasteiger partial charge in [-0.15, -0.1) is 0 Å². The second kappa shape index (κ2) is 10.1. The number of hydrogen-bond acceptors (Lipinski definition) is 4. The zero-order valence-corrected chi connectivity index (χ0v) is 18.5. The van der Waals surface area contributed by atoms with E-state index >= 15 is 0 Å². The molecule has 3 aromatic carbocycles. The van der Waals surface area contributed by atoms with Crippen LogP contribution in [0.25, 0.3) is 16.8 Å². The van der Waals surface area contributed by atoms with Crippen LogP contribution in [0.1, 0.15) is 12.5 Å². The lowest BCUT2D eigenvalue weighted by Gasteiger charge is -2.34. The second-order valence-corrected chi connectivity index (χ2v) is 8.64. The Hall–Kier alpha value is -2.99. The van der Waals surface area contributed by atoms with Gasteiger partial charge in [-0.05, 0) is 48.4 Å². The monoisotopic (exact) mass is 430 g/mol. The third-order valence-corrected chi connectivity index (χ3v) is 5.68. The lowest BCUT2D eigenvalue weighted by molar-refractivity contribution is 0.212. The first-order valence-electron chi connectivity index (χ1n) is 11.1. The van der Waals surface area contributed by atoms with Crippen LogP contribution in [-0.2, 0) is 0 Å². The number of rotatable bonds is 7. The summed E-state index contributed by atoms with van der Waals surface area (Å²) < 4.78 is 14.7. The number of anilines is 1. The van der Waals surface area contributed by atoms with Crippen LogP contribution < -0.4 is 16.4 Å². The molecule has 1 saturated heterocycles. The van der Waals surface area contributed by atoms with Crippen LogP contribution in [0.3, 0.4) is 0 Å². The summed E-state index contributed by atoms with van der Waals surface area (Å²) >= 11 is 0. The molecule has 1 fully saturated rings. The van der Waals surface area contributed by atoms with Crippen molar-refractivity contribution in [3.05, 3.63) is 96.3 Å². The fraction of sp³-hybridized carbons (Fsp3) is 0.259. The van der Waals surface area contributed by atoms with Crippen molar-refractivity contribution in [3.8, 4) is 11.1 Å². The first-order chi connectivity index (χ1) is 15.5. The van der Waals surface area contributed by atoms with Crippen molar-refractivity contribution in [2.24, 2.45) is 5.73 Å². The van der Waals surface area contributed by atoms with Gasteiger partial charge in [0.15, 0.2) is 0 Å².